The topological polar surface area (TPSA) is 138 Å². The van der Waals surface area contributed by atoms with Gasteiger partial charge in [-0.2, -0.15) is 8.42 Å². The second kappa shape index (κ2) is 11.0. The molecule has 1 amide bonds. The Hall–Kier alpha value is -3.70. The summed E-state index contributed by atoms with van der Waals surface area (Å²) in [7, 11) is -4.66. The highest BCUT2D eigenvalue weighted by Gasteiger charge is 2.22. The van der Waals surface area contributed by atoms with Gasteiger partial charge in [-0.05, 0) is 55.1 Å². The molecule has 4 aromatic carbocycles. The van der Waals surface area contributed by atoms with Crippen LogP contribution in [0.2, 0.25) is 10.0 Å². The van der Waals surface area contributed by atoms with Crippen LogP contribution in [0.25, 0.3) is 10.8 Å². The van der Waals surface area contributed by atoms with Gasteiger partial charge in [0.1, 0.15) is 27.7 Å². The maximum absolute atomic E-state index is 13.3. The van der Waals surface area contributed by atoms with Crippen molar-refractivity contribution in [3.63, 3.8) is 0 Å². The van der Waals surface area contributed by atoms with Crippen LogP contribution in [0.15, 0.2) is 75.8 Å². The van der Waals surface area contributed by atoms with Gasteiger partial charge in [-0.3, -0.25) is 9.35 Å². The molecule has 4 rings (SSSR count). The minimum absolute atomic E-state index is 0.0990. The van der Waals surface area contributed by atoms with Crippen molar-refractivity contribution in [2.24, 2.45) is 10.2 Å². The van der Waals surface area contributed by atoms with E-state index in [1.807, 2.05) is 0 Å². The predicted octanol–water partition coefficient (Wildman–Crippen LogP) is 7.47. The first kappa shape index (κ1) is 27.3. The number of fused-ring (bicyclic) bond motifs is 1. The summed E-state index contributed by atoms with van der Waals surface area (Å²) in [6.45, 7) is 3.63. The highest BCUT2D eigenvalue weighted by molar-refractivity contribution is 7.86. The molecular weight excluding hydrogens is 553 g/mol. The highest BCUT2D eigenvalue weighted by Crippen LogP contribution is 2.42. The average molecular weight is 574 g/mol. The largest absolute Gasteiger partial charge is 0.505 e. The number of phenols is 1. The number of aromatic hydroxyl groups is 1. The Morgan fingerprint density at radius 3 is 2.42 bits per heavy atom. The fourth-order valence-electron chi connectivity index (χ4n) is 3.76. The number of benzene rings is 4. The fraction of sp³-hybridized carbons (Fsp3) is 0.115. The molecule has 4 aromatic rings. The zero-order valence-electron chi connectivity index (χ0n) is 20.1. The molecule has 0 fully saturated rings. The maximum atomic E-state index is 13.3. The van der Waals surface area contributed by atoms with Crippen LogP contribution < -0.4 is 10.1 Å². The first-order chi connectivity index (χ1) is 18.0. The Kier molecular flexibility index (Phi) is 7.89. The number of hydrogen-bond donors (Lipinski definition) is 3. The van der Waals surface area contributed by atoms with E-state index in [9.17, 15) is 22.9 Å². The molecule has 0 aliphatic heterocycles. The van der Waals surface area contributed by atoms with E-state index in [2.05, 4.69) is 15.5 Å². The molecule has 0 aliphatic rings. The number of rotatable bonds is 7. The van der Waals surface area contributed by atoms with E-state index >= 15 is 0 Å². The second-order valence-electron chi connectivity index (χ2n) is 8.04. The van der Waals surface area contributed by atoms with Gasteiger partial charge in [0.25, 0.3) is 16.0 Å². The zero-order chi connectivity index (χ0) is 27.6. The highest BCUT2D eigenvalue weighted by atomic mass is 35.5. The summed E-state index contributed by atoms with van der Waals surface area (Å²) >= 11 is 12.4. The summed E-state index contributed by atoms with van der Waals surface area (Å²) < 4.78 is 39.0. The van der Waals surface area contributed by atoms with Crippen molar-refractivity contribution in [1.29, 1.82) is 0 Å². The molecule has 0 spiro atoms. The van der Waals surface area contributed by atoms with Crippen LogP contribution in [0.5, 0.6) is 11.5 Å². The molecule has 0 saturated carbocycles. The van der Waals surface area contributed by atoms with Crippen LogP contribution in [0.3, 0.4) is 0 Å². The lowest BCUT2D eigenvalue weighted by Gasteiger charge is -2.15. The molecule has 38 heavy (non-hydrogen) atoms. The lowest BCUT2D eigenvalue weighted by Crippen LogP contribution is -2.14. The van der Waals surface area contributed by atoms with Crippen LogP contribution in [0, 0.1) is 6.92 Å². The van der Waals surface area contributed by atoms with Gasteiger partial charge in [-0.15, -0.1) is 10.2 Å². The minimum atomic E-state index is -4.66. The van der Waals surface area contributed by atoms with Gasteiger partial charge < -0.3 is 15.2 Å². The number of halogens is 2. The van der Waals surface area contributed by atoms with Crippen molar-refractivity contribution in [2.75, 3.05) is 11.9 Å². The molecule has 0 radical (unpaired) electrons. The van der Waals surface area contributed by atoms with Gasteiger partial charge in [0, 0.05) is 10.4 Å². The number of amides is 1. The summed E-state index contributed by atoms with van der Waals surface area (Å²) in [5.41, 5.74) is 0.0150. The van der Waals surface area contributed by atoms with Crippen LogP contribution in [0.1, 0.15) is 22.8 Å². The monoisotopic (exact) mass is 573 g/mol. The Balaban J connectivity index is 1.86. The van der Waals surface area contributed by atoms with E-state index in [1.165, 1.54) is 19.1 Å². The van der Waals surface area contributed by atoms with Crippen LogP contribution in [-0.4, -0.2) is 30.6 Å². The number of para-hydroxylation sites is 1. The van der Waals surface area contributed by atoms with Gasteiger partial charge in [-0.1, -0.05) is 53.5 Å². The normalized spacial score (nSPS) is 11.7. The number of nitrogens with zero attached hydrogens (tertiary/aromatic N) is 2. The SMILES string of the molecule is CCOc1cccc(Cl)c1NC(=O)c1cc2ccccc2c(N=Nc2c(S(=O)(=O)O)ccc(Cl)c2C)c1O. The standard InChI is InChI=1S/C26H21Cl2N3O6S/c1-3-37-20-10-6-9-19(28)24(20)29-26(33)17-13-15-7-4-5-8-16(15)23(25(17)32)31-30-22-14(2)18(27)11-12-21(22)38(34,35)36/h4-13,32H,3H2,1-2H3,(H,29,33)(H,34,35,36). The number of ether oxygens (including phenoxy) is 1. The molecule has 0 unspecified atom stereocenters. The number of carbonyl (C=O) groups excluding carboxylic acids is 1. The third kappa shape index (κ3) is 5.44. The van der Waals surface area contributed by atoms with Crippen molar-refractivity contribution >= 4 is 67.1 Å². The van der Waals surface area contributed by atoms with E-state index in [4.69, 9.17) is 27.9 Å². The number of nitrogens with one attached hydrogen (secondary N) is 1. The molecule has 12 heteroatoms. The maximum Gasteiger partial charge on any atom is 0.296 e. The third-order valence-corrected chi connectivity index (χ3v) is 7.22. The molecule has 0 heterocycles. The zero-order valence-corrected chi connectivity index (χ0v) is 22.4. The summed E-state index contributed by atoms with van der Waals surface area (Å²) in [5.74, 6) is -0.859. The lowest BCUT2D eigenvalue weighted by atomic mass is 10.0. The molecule has 196 valence electrons. The average Bonchev–Trinajstić information content (AvgIpc) is 2.86. The van der Waals surface area contributed by atoms with Crippen molar-refractivity contribution < 1.29 is 27.6 Å². The van der Waals surface area contributed by atoms with E-state index < -0.39 is 26.7 Å². The molecule has 9 nitrogen and oxygen atoms in total. The fourth-order valence-corrected chi connectivity index (χ4v) is 4.80. The predicted molar refractivity (Wildman–Crippen MR) is 146 cm³/mol. The first-order valence-corrected chi connectivity index (χ1v) is 13.4. The molecule has 0 atom stereocenters. The van der Waals surface area contributed by atoms with E-state index in [0.717, 1.165) is 6.07 Å². The van der Waals surface area contributed by atoms with Crippen LogP contribution in [-0.2, 0) is 10.1 Å². The minimum Gasteiger partial charge on any atom is -0.505 e. The number of anilines is 1. The van der Waals surface area contributed by atoms with Crippen LogP contribution in [0.4, 0.5) is 17.1 Å². The van der Waals surface area contributed by atoms with Crippen molar-refractivity contribution in [2.45, 2.75) is 18.7 Å². The molecule has 3 N–H and O–H groups in total. The molecule has 0 aliphatic carbocycles. The van der Waals surface area contributed by atoms with Gasteiger partial charge in [0.15, 0.2) is 5.75 Å². The Morgan fingerprint density at radius 1 is 1.00 bits per heavy atom. The van der Waals surface area contributed by atoms with E-state index in [-0.39, 0.29) is 38.2 Å². The van der Waals surface area contributed by atoms with Gasteiger partial charge in [-0.25, -0.2) is 0 Å². The van der Waals surface area contributed by atoms with Crippen molar-refractivity contribution in [3.8, 4) is 11.5 Å². The summed E-state index contributed by atoms with van der Waals surface area (Å²) in [6, 6.07) is 15.6. The Morgan fingerprint density at radius 2 is 1.71 bits per heavy atom. The Bertz CT molecular complexity index is 1710. The smallest absolute Gasteiger partial charge is 0.296 e. The molecule has 0 saturated heterocycles. The third-order valence-electron chi connectivity index (χ3n) is 5.61. The first-order valence-electron chi connectivity index (χ1n) is 11.2. The van der Waals surface area contributed by atoms with Gasteiger partial charge in [0.05, 0.1) is 17.2 Å². The second-order valence-corrected chi connectivity index (χ2v) is 10.2. The van der Waals surface area contributed by atoms with Crippen molar-refractivity contribution in [1.82, 2.24) is 0 Å². The van der Waals surface area contributed by atoms with E-state index in [1.54, 1.807) is 49.4 Å². The molecular formula is C26H21Cl2N3O6S. The summed E-state index contributed by atoms with van der Waals surface area (Å²) in [5, 5.41) is 23.3. The van der Waals surface area contributed by atoms with Crippen LogP contribution >= 0.6 is 23.2 Å². The number of phenolic OH excluding ortho intramolecular Hbond substituents is 1. The Labute approximate surface area is 228 Å². The quantitative estimate of drug-likeness (QED) is 0.155. The number of azo groups is 1. The molecule has 0 aromatic heterocycles. The van der Waals surface area contributed by atoms with Gasteiger partial charge in [0.2, 0.25) is 0 Å². The van der Waals surface area contributed by atoms with Gasteiger partial charge >= 0.3 is 0 Å². The number of carbonyl (C=O) groups is 1. The molecule has 0 bridgehead atoms. The van der Waals surface area contributed by atoms with Crippen molar-refractivity contribution in [3.05, 3.63) is 81.8 Å². The lowest BCUT2D eigenvalue weighted by molar-refractivity contribution is 0.102. The summed E-state index contributed by atoms with van der Waals surface area (Å²) in [6.07, 6.45) is 0. The number of hydrogen-bond acceptors (Lipinski definition) is 7. The van der Waals surface area contributed by atoms with E-state index in [0.29, 0.717) is 23.1 Å². The summed E-state index contributed by atoms with van der Waals surface area (Å²) in [4.78, 5) is 12.8.